The van der Waals surface area contributed by atoms with Crippen molar-refractivity contribution in [1.29, 1.82) is 0 Å². The lowest BCUT2D eigenvalue weighted by atomic mass is 10.2. The highest BCUT2D eigenvalue weighted by molar-refractivity contribution is 14.0. The van der Waals surface area contributed by atoms with Gasteiger partial charge in [-0.25, -0.2) is 4.99 Å². The van der Waals surface area contributed by atoms with E-state index in [2.05, 4.69) is 57.7 Å². The lowest BCUT2D eigenvalue weighted by molar-refractivity contribution is -0.120. The van der Waals surface area contributed by atoms with E-state index in [1.165, 1.54) is 0 Å². The minimum Gasteiger partial charge on any atom is -0.496 e. The van der Waals surface area contributed by atoms with Gasteiger partial charge in [0, 0.05) is 44.5 Å². The molecule has 168 valence electrons. The van der Waals surface area contributed by atoms with Gasteiger partial charge in [-0.15, -0.1) is 24.0 Å². The molecular weight excluding hydrogens is 505 g/mol. The Morgan fingerprint density at radius 3 is 2.65 bits per heavy atom. The summed E-state index contributed by atoms with van der Waals surface area (Å²) >= 11 is 0. The number of benzene rings is 2. The van der Waals surface area contributed by atoms with E-state index in [0.29, 0.717) is 26.2 Å². The second-order valence-corrected chi connectivity index (χ2v) is 7.28. The van der Waals surface area contributed by atoms with Crippen molar-refractivity contribution in [3.05, 3.63) is 59.7 Å². The molecule has 1 aliphatic rings. The van der Waals surface area contributed by atoms with E-state index >= 15 is 0 Å². The number of para-hydroxylation sites is 1. The summed E-state index contributed by atoms with van der Waals surface area (Å²) in [6.45, 7) is 6.08. The fraction of sp³-hybridized carbons (Fsp3) is 0.391. The van der Waals surface area contributed by atoms with Crippen LogP contribution in [0, 0.1) is 0 Å². The van der Waals surface area contributed by atoms with E-state index in [9.17, 15) is 4.79 Å². The third kappa shape index (κ3) is 7.02. The molecule has 7 nitrogen and oxygen atoms in total. The number of nitrogens with one attached hydrogen (secondary N) is 2. The van der Waals surface area contributed by atoms with Crippen LogP contribution >= 0.6 is 24.0 Å². The van der Waals surface area contributed by atoms with Crippen LogP contribution in [0.2, 0.25) is 0 Å². The lowest BCUT2D eigenvalue weighted by Gasteiger charge is -2.28. The Kier molecular flexibility index (Phi) is 9.90. The molecule has 3 rings (SSSR count). The Morgan fingerprint density at radius 1 is 1.23 bits per heavy atom. The van der Waals surface area contributed by atoms with Crippen LogP contribution in [-0.4, -0.2) is 57.1 Å². The molecule has 1 aliphatic heterocycles. The van der Waals surface area contributed by atoms with Gasteiger partial charge in [0.05, 0.1) is 20.2 Å². The maximum absolute atomic E-state index is 11.6. The first-order chi connectivity index (χ1) is 14.6. The van der Waals surface area contributed by atoms with Crippen molar-refractivity contribution >= 4 is 41.5 Å². The second-order valence-electron chi connectivity index (χ2n) is 7.28. The molecule has 8 heteroatoms. The fourth-order valence-electron chi connectivity index (χ4n) is 3.47. The first-order valence-corrected chi connectivity index (χ1v) is 10.3. The van der Waals surface area contributed by atoms with Crippen LogP contribution < -0.4 is 20.3 Å². The third-order valence-corrected chi connectivity index (χ3v) is 5.05. The zero-order valence-electron chi connectivity index (χ0n) is 18.4. The third-order valence-electron chi connectivity index (χ3n) is 5.05. The maximum Gasteiger partial charge on any atom is 0.239 e. The Hall–Kier alpha value is -2.49. The molecule has 31 heavy (non-hydrogen) atoms. The van der Waals surface area contributed by atoms with Gasteiger partial charge in [0.1, 0.15) is 5.75 Å². The van der Waals surface area contributed by atoms with Gasteiger partial charge in [0.15, 0.2) is 5.96 Å². The number of carbonyl (C=O) groups excluding carboxylic acids is 1. The number of methoxy groups -OCH3 is 1. The Morgan fingerprint density at radius 2 is 1.97 bits per heavy atom. The van der Waals surface area contributed by atoms with Gasteiger partial charge in [-0.2, -0.15) is 0 Å². The Bertz CT molecular complexity index is 873. The van der Waals surface area contributed by atoms with Crippen molar-refractivity contribution in [2.75, 3.05) is 45.2 Å². The van der Waals surface area contributed by atoms with E-state index in [1.807, 2.05) is 25.2 Å². The van der Waals surface area contributed by atoms with E-state index in [4.69, 9.17) is 9.73 Å². The number of anilines is 1. The molecule has 0 radical (unpaired) electrons. The van der Waals surface area contributed by atoms with Crippen molar-refractivity contribution in [3.63, 3.8) is 0 Å². The monoisotopic (exact) mass is 537 g/mol. The second kappa shape index (κ2) is 12.4. The number of aliphatic imine (C=N–C) groups is 1. The minimum atomic E-state index is 0. The summed E-state index contributed by atoms with van der Waals surface area (Å²) in [6.07, 6.45) is 0. The number of piperazine rings is 1. The van der Waals surface area contributed by atoms with E-state index in [1.54, 1.807) is 7.11 Å². The van der Waals surface area contributed by atoms with Gasteiger partial charge in [-0.05, 0) is 30.7 Å². The van der Waals surface area contributed by atoms with Gasteiger partial charge >= 0.3 is 0 Å². The molecule has 1 heterocycles. The summed E-state index contributed by atoms with van der Waals surface area (Å²) in [6, 6.07) is 16.3. The van der Waals surface area contributed by atoms with Gasteiger partial charge in [0.2, 0.25) is 5.91 Å². The molecule has 0 aromatic heterocycles. The molecule has 1 fully saturated rings. The standard InChI is InChI=1S/C23H31N5O2.HI/c1-4-24-23(27(2)16-19-7-5-6-8-21(19)30-3)26-15-18-9-11-20(12-10-18)28-14-13-25-22(29)17-28;/h5-12H,4,13-17H2,1-3H3,(H,24,26)(H,25,29);1H. The number of rotatable bonds is 7. The zero-order chi connectivity index (χ0) is 21.3. The number of guanidine groups is 1. The number of halogens is 1. The van der Waals surface area contributed by atoms with Gasteiger partial charge in [-0.1, -0.05) is 30.3 Å². The predicted molar refractivity (Wildman–Crippen MR) is 136 cm³/mol. The molecule has 0 bridgehead atoms. The first kappa shape index (κ1) is 24.8. The van der Waals surface area contributed by atoms with Crippen LogP contribution in [0.3, 0.4) is 0 Å². The molecule has 0 saturated carbocycles. The molecular formula is C23H32IN5O2. The molecule has 0 atom stereocenters. The van der Waals surface area contributed by atoms with Crippen LogP contribution in [0.4, 0.5) is 5.69 Å². The average Bonchev–Trinajstić information content (AvgIpc) is 2.77. The number of ether oxygens (including phenoxy) is 1. The fourth-order valence-corrected chi connectivity index (χ4v) is 3.47. The highest BCUT2D eigenvalue weighted by Crippen LogP contribution is 2.19. The lowest BCUT2D eigenvalue weighted by Crippen LogP contribution is -2.47. The molecule has 2 aromatic rings. The number of hydrogen-bond acceptors (Lipinski definition) is 4. The van der Waals surface area contributed by atoms with Crippen molar-refractivity contribution in [2.45, 2.75) is 20.0 Å². The Balaban J connectivity index is 0.00000341. The summed E-state index contributed by atoms with van der Waals surface area (Å²) in [7, 11) is 3.72. The van der Waals surface area contributed by atoms with Crippen molar-refractivity contribution in [2.24, 2.45) is 4.99 Å². The van der Waals surface area contributed by atoms with Crippen LogP contribution in [0.25, 0.3) is 0 Å². The van der Waals surface area contributed by atoms with Gasteiger partial charge in [-0.3, -0.25) is 4.79 Å². The highest BCUT2D eigenvalue weighted by Gasteiger charge is 2.16. The van der Waals surface area contributed by atoms with Crippen molar-refractivity contribution < 1.29 is 9.53 Å². The number of amides is 1. The largest absolute Gasteiger partial charge is 0.496 e. The highest BCUT2D eigenvalue weighted by atomic mass is 127. The van der Waals surface area contributed by atoms with Crippen LogP contribution in [0.5, 0.6) is 5.75 Å². The topological polar surface area (TPSA) is 69.2 Å². The quantitative estimate of drug-likeness (QED) is 0.323. The molecule has 2 aromatic carbocycles. The molecule has 0 aliphatic carbocycles. The first-order valence-electron chi connectivity index (χ1n) is 10.3. The molecule has 0 unspecified atom stereocenters. The summed E-state index contributed by atoms with van der Waals surface area (Å²) in [4.78, 5) is 20.6. The van der Waals surface area contributed by atoms with Crippen molar-refractivity contribution in [1.82, 2.24) is 15.5 Å². The summed E-state index contributed by atoms with van der Waals surface area (Å²) < 4.78 is 5.47. The minimum absolute atomic E-state index is 0. The van der Waals surface area contributed by atoms with Gasteiger partial charge in [0.25, 0.3) is 0 Å². The Labute approximate surface area is 201 Å². The normalized spacial score (nSPS) is 13.8. The molecule has 0 spiro atoms. The zero-order valence-corrected chi connectivity index (χ0v) is 20.8. The number of nitrogens with zero attached hydrogens (tertiary/aromatic N) is 3. The van der Waals surface area contributed by atoms with E-state index in [0.717, 1.165) is 41.6 Å². The van der Waals surface area contributed by atoms with Gasteiger partial charge < -0.3 is 25.2 Å². The molecule has 2 N–H and O–H groups in total. The average molecular weight is 537 g/mol. The van der Waals surface area contributed by atoms with Crippen LogP contribution in [-0.2, 0) is 17.9 Å². The smallest absolute Gasteiger partial charge is 0.239 e. The number of hydrogen-bond donors (Lipinski definition) is 2. The molecule has 1 saturated heterocycles. The molecule has 1 amide bonds. The predicted octanol–water partition coefficient (Wildman–Crippen LogP) is 2.85. The summed E-state index contributed by atoms with van der Waals surface area (Å²) in [5, 5.41) is 6.22. The van der Waals surface area contributed by atoms with Crippen molar-refractivity contribution in [3.8, 4) is 5.75 Å². The number of carbonyl (C=O) groups is 1. The SMILES string of the molecule is CCNC(=NCc1ccc(N2CCNC(=O)C2)cc1)N(C)Cc1ccccc1OC.I. The summed E-state index contributed by atoms with van der Waals surface area (Å²) in [5.41, 5.74) is 3.31. The van der Waals surface area contributed by atoms with Crippen LogP contribution in [0.1, 0.15) is 18.1 Å². The summed E-state index contributed by atoms with van der Waals surface area (Å²) in [5.74, 6) is 1.80. The maximum atomic E-state index is 11.6. The van der Waals surface area contributed by atoms with E-state index < -0.39 is 0 Å². The van der Waals surface area contributed by atoms with Crippen LogP contribution in [0.15, 0.2) is 53.5 Å². The van der Waals surface area contributed by atoms with E-state index in [-0.39, 0.29) is 29.9 Å².